The summed E-state index contributed by atoms with van der Waals surface area (Å²) in [6.45, 7) is 1.94. The van der Waals surface area contributed by atoms with Crippen molar-refractivity contribution < 1.29 is 19.4 Å². The van der Waals surface area contributed by atoms with Crippen LogP contribution in [-0.2, 0) is 9.53 Å². The second kappa shape index (κ2) is 9.58. The van der Waals surface area contributed by atoms with Crippen LogP contribution >= 0.6 is 0 Å². The van der Waals surface area contributed by atoms with E-state index in [1.165, 1.54) is 6.42 Å². The van der Waals surface area contributed by atoms with Gasteiger partial charge in [0.2, 0.25) is 0 Å². The lowest BCUT2D eigenvalue weighted by Crippen LogP contribution is -2.48. The molecule has 0 aromatic heterocycles. The average molecular weight is 286 g/mol. The van der Waals surface area contributed by atoms with Gasteiger partial charge in [-0.05, 0) is 25.7 Å². The largest absolute Gasteiger partial charge is 0.480 e. The lowest BCUT2D eigenvalue weighted by atomic mass is 10.1. The summed E-state index contributed by atoms with van der Waals surface area (Å²) in [5.41, 5.74) is 0. The summed E-state index contributed by atoms with van der Waals surface area (Å²) in [6, 6.07) is -1.08. The van der Waals surface area contributed by atoms with Crippen LogP contribution in [0.3, 0.4) is 0 Å². The molecule has 0 saturated carbocycles. The van der Waals surface area contributed by atoms with Gasteiger partial charge in [0, 0.05) is 26.8 Å². The van der Waals surface area contributed by atoms with E-state index in [1.54, 1.807) is 12.0 Å². The monoisotopic (exact) mass is 286 g/mol. The summed E-state index contributed by atoms with van der Waals surface area (Å²) in [6.07, 6.45) is 6.50. The highest BCUT2D eigenvalue weighted by atomic mass is 16.5. The third kappa shape index (κ3) is 6.23. The number of hydrogen-bond acceptors (Lipinski definition) is 3. The van der Waals surface area contributed by atoms with Gasteiger partial charge in [-0.1, -0.05) is 19.3 Å². The minimum atomic E-state index is -0.985. The average Bonchev–Trinajstić information content (AvgIpc) is 2.36. The number of hydrogen-bond donors (Lipinski definition) is 2. The summed E-state index contributed by atoms with van der Waals surface area (Å²) < 4.78 is 4.91. The molecule has 0 radical (unpaired) electrons. The molecule has 1 rings (SSSR count). The van der Waals surface area contributed by atoms with Gasteiger partial charge in [0.25, 0.3) is 0 Å². The summed E-state index contributed by atoms with van der Waals surface area (Å²) in [4.78, 5) is 25.0. The molecule has 0 aliphatic carbocycles. The highest BCUT2D eigenvalue weighted by Crippen LogP contribution is 2.11. The number of carbonyl (C=O) groups is 2. The Labute approximate surface area is 120 Å². The van der Waals surface area contributed by atoms with Gasteiger partial charge in [-0.2, -0.15) is 0 Å². The second-order valence-electron chi connectivity index (χ2n) is 5.23. The van der Waals surface area contributed by atoms with Gasteiger partial charge in [0.15, 0.2) is 0 Å². The van der Waals surface area contributed by atoms with Gasteiger partial charge in [-0.15, -0.1) is 0 Å². The molecule has 0 bridgehead atoms. The van der Waals surface area contributed by atoms with E-state index in [-0.39, 0.29) is 6.03 Å². The van der Waals surface area contributed by atoms with Crippen molar-refractivity contribution in [3.8, 4) is 0 Å². The highest BCUT2D eigenvalue weighted by Gasteiger charge is 2.22. The Bertz CT molecular complexity index is 302. The van der Waals surface area contributed by atoms with E-state index in [1.807, 2.05) is 0 Å². The fraction of sp³-hybridized carbons (Fsp3) is 0.857. The number of carboxylic acid groups (broad SMARTS) is 1. The number of urea groups is 1. The van der Waals surface area contributed by atoms with Gasteiger partial charge >= 0.3 is 12.0 Å². The van der Waals surface area contributed by atoms with E-state index >= 15 is 0 Å². The summed E-state index contributed by atoms with van der Waals surface area (Å²) in [5.74, 6) is -0.985. The number of nitrogens with one attached hydrogen (secondary N) is 1. The number of likely N-dealkylation sites (tertiary alicyclic amines) is 1. The zero-order chi connectivity index (χ0) is 14.8. The van der Waals surface area contributed by atoms with Crippen LogP contribution in [0.15, 0.2) is 0 Å². The number of carbonyl (C=O) groups excluding carboxylic acids is 1. The van der Waals surface area contributed by atoms with Crippen molar-refractivity contribution in [3.63, 3.8) is 0 Å². The molecule has 6 heteroatoms. The Kier molecular flexibility index (Phi) is 8.02. The van der Waals surface area contributed by atoms with Gasteiger partial charge in [0.1, 0.15) is 6.04 Å². The Balaban J connectivity index is 2.44. The van der Waals surface area contributed by atoms with E-state index in [4.69, 9.17) is 9.84 Å². The van der Waals surface area contributed by atoms with Crippen molar-refractivity contribution in [2.45, 2.75) is 51.0 Å². The van der Waals surface area contributed by atoms with Gasteiger partial charge in [0.05, 0.1) is 0 Å². The third-order valence-corrected chi connectivity index (χ3v) is 3.58. The van der Waals surface area contributed by atoms with Crippen LogP contribution in [0.5, 0.6) is 0 Å². The molecule has 116 valence electrons. The maximum atomic E-state index is 12.1. The van der Waals surface area contributed by atoms with Crippen molar-refractivity contribution in [1.82, 2.24) is 10.2 Å². The number of amides is 2. The van der Waals surface area contributed by atoms with Crippen molar-refractivity contribution in [2.24, 2.45) is 0 Å². The zero-order valence-corrected chi connectivity index (χ0v) is 12.3. The molecule has 1 atom stereocenters. The van der Waals surface area contributed by atoms with Crippen LogP contribution < -0.4 is 5.32 Å². The number of carboxylic acids is 1. The first kappa shape index (κ1) is 16.8. The first-order valence-electron chi connectivity index (χ1n) is 7.42. The fourth-order valence-corrected chi connectivity index (χ4v) is 2.38. The van der Waals surface area contributed by atoms with Crippen molar-refractivity contribution in [3.05, 3.63) is 0 Å². The van der Waals surface area contributed by atoms with Crippen LogP contribution in [-0.4, -0.2) is 54.9 Å². The molecular weight excluding hydrogens is 260 g/mol. The Morgan fingerprint density at radius 3 is 2.35 bits per heavy atom. The predicted octanol–water partition coefficient (Wildman–Crippen LogP) is 1.84. The number of ether oxygens (including phenoxy) is 1. The van der Waals surface area contributed by atoms with Crippen LogP contribution in [0.1, 0.15) is 44.9 Å². The molecule has 1 heterocycles. The number of nitrogens with zero attached hydrogens (tertiary/aromatic N) is 1. The fourth-order valence-electron chi connectivity index (χ4n) is 2.38. The molecule has 20 heavy (non-hydrogen) atoms. The van der Waals surface area contributed by atoms with E-state index in [2.05, 4.69) is 5.32 Å². The molecule has 1 aliphatic rings. The van der Waals surface area contributed by atoms with Gasteiger partial charge < -0.3 is 20.1 Å². The van der Waals surface area contributed by atoms with Crippen molar-refractivity contribution >= 4 is 12.0 Å². The van der Waals surface area contributed by atoms with E-state index in [9.17, 15) is 9.59 Å². The van der Waals surface area contributed by atoms with E-state index < -0.39 is 12.0 Å². The first-order valence-corrected chi connectivity index (χ1v) is 7.42. The first-order chi connectivity index (χ1) is 9.65. The molecular formula is C14H26N2O4. The molecule has 2 amide bonds. The Hall–Kier alpha value is -1.30. The van der Waals surface area contributed by atoms with Crippen LogP contribution in [0.4, 0.5) is 4.79 Å². The molecule has 0 aromatic rings. The molecule has 6 nitrogen and oxygen atoms in total. The number of methoxy groups -OCH3 is 1. The standard InChI is InChI=1S/C14H26N2O4/c1-20-11-7-8-12(13(17)18)15-14(19)16-9-5-3-2-4-6-10-16/h12H,2-11H2,1H3,(H,15,19)(H,17,18). The third-order valence-electron chi connectivity index (χ3n) is 3.58. The quantitative estimate of drug-likeness (QED) is 0.730. The van der Waals surface area contributed by atoms with Gasteiger partial charge in [-0.25, -0.2) is 9.59 Å². The van der Waals surface area contributed by atoms with Crippen LogP contribution in [0.2, 0.25) is 0 Å². The van der Waals surface area contributed by atoms with Crippen molar-refractivity contribution in [2.75, 3.05) is 26.8 Å². The minimum Gasteiger partial charge on any atom is -0.480 e. The highest BCUT2D eigenvalue weighted by molar-refractivity contribution is 5.82. The molecule has 2 N–H and O–H groups in total. The normalized spacial score (nSPS) is 17.9. The molecule has 0 aromatic carbocycles. The topological polar surface area (TPSA) is 78.9 Å². The smallest absolute Gasteiger partial charge is 0.326 e. The molecule has 0 spiro atoms. The minimum absolute atomic E-state index is 0.253. The Morgan fingerprint density at radius 2 is 1.80 bits per heavy atom. The zero-order valence-electron chi connectivity index (χ0n) is 12.3. The molecule has 1 unspecified atom stereocenters. The molecule has 1 saturated heterocycles. The lowest BCUT2D eigenvalue weighted by molar-refractivity contribution is -0.139. The lowest BCUT2D eigenvalue weighted by Gasteiger charge is -2.26. The predicted molar refractivity (Wildman–Crippen MR) is 75.7 cm³/mol. The number of rotatable bonds is 6. The maximum absolute atomic E-state index is 12.1. The number of aliphatic carboxylic acids is 1. The molecule has 1 aliphatic heterocycles. The van der Waals surface area contributed by atoms with Crippen LogP contribution in [0.25, 0.3) is 0 Å². The second-order valence-corrected chi connectivity index (χ2v) is 5.23. The maximum Gasteiger partial charge on any atom is 0.326 e. The SMILES string of the molecule is COCCCC(NC(=O)N1CCCCCCC1)C(=O)O. The van der Waals surface area contributed by atoms with Crippen LogP contribution in [0, 0.1) is 0 Å². The summed E-state index contributed by atoms with van der Waals surface area (Å²) in [5, 5.41) is 11.8. The van der Waals surface area contributed by atoms with E-state index in [0.717, 1.165) is 38.8 Å². The van der Waals surface area contributed by atoms with Gasteiger partial charge in [-0.3, -0.25) is 0 Å². The molecule has 1 fully saturated rings. The van der Waals surface area contributed by atoms with Crippen molar-refractivity contribution in [1.29, 1.82) is 0 Å². The summed E-state index contributed by atoms with van der Waals surface area (Å²) >= 11 is 0. The van der Waals surface area contributed by atoms with E-state index in [0.29, 0.717) is 19.4 Å². The summed E-state index contributed by atoms with van der Waals surface area (Å²) in [7, 11) is 1.58. The Morgan fingerprint density at radius 1 is 1.20 bits per heavy atom.